The fourth-order valence-corrected chi connectivity index (χ4v) is 2.89. The molecular weight excluding hydrogens is 308 g/mol. The summed E-state index contributed by atoms with van der Waals surface area (Å²) in [5.41, 5.74) is 7.48. The second-order valence-electron chi connectivity index (χ2n) is 5.76. The SMILES string of the molecule is C=CCc1cc(CNC(=O)[C@@H]2CC[C@H](CN)O2)cc(OC)c1OC. The van der Waals surface area contributed by atoms with Crippen molar-refractivity contribution in [1.29, 1.82) is 0 Å². The number of ether oxygens (including phenoxy) is 3. The second kappa shape index (κ2) is 8.70. The van der Waals surface area contributed by atoms with Gasteiger partial charge in [-0.05, 0) is 37.0 Å². The van der Waals surface area contributed by atoms with Crippen LogP contribution in [0.5, 0.6) is 11.5 Å². The lowest BCUT2D eigenvalue weighted by Gasteiger charge is -2.16. The van der Waals surface area contributed by atoms with Crippen molar-refractivity contribution in [3.05, 3.63) is 35.9 Å². The van der Waals surface area contributed by atoms with E-state index in [4.69, 9.17) is 19.9 Å². The van der Waals surface area contributed by atoms with E-state index >= 15 is 0 Å². The average Bonchev–Trinajstić information content (AvgIpc) is 3.08. The summed E-state index contributed by atoms with van der Waals surface area (Å²) in [6.07, 6.45) is 3.58. The Kier molecular flexibility index (Phi) is 6.63. The van der Waals surface area contributed by atoms with Gasteiger partial charge in [0.25, 0.3) is 0 Å². The number of methoxy groups -OCH3 is 2. The van der Waals surface area contributed by atoms with E-state index in [0.29, 0.717) is 37.4 Å². The van der Waals surface area contributed by atoms with E-state index in [1.54, 1.807) is 20.3 Å². The first-order valence-corrected chi connectivity index (χ1v) is 8.10. The predicted octanol–water partition coefficient (Wildman–Crippen LogP) is 1.55. The Labute approximate surface area is 143 Å². The van der Waals surface area contributed by atoms with Crippen LogP contribution in [0, 0.1) is 0 Å². The molecule has 1 aromatic carbocycles. The molecule has 1 fully saturated rings. The minimum Gasteiger partial charge on any atom is -0.493 e. The van der Waals surface area contributed by atoms with Crippen molar-refractivity contribution in [3.8, 4) is 11.5 Å². The summed E-state index contributed by atoms with van der Waals surface area (Å²) in [5.74, 6) is 1.23. The van der Waals surface area contributed by atoms with Crippen LogP contribution in [0.1, 0.15) is 24.0 Å². The maximum Gasteiger partial charge on any atom is 0.249 e. The molecule has 0 radical (unpaired) electrons. The summed E-state index contributed by atoms with van der Waals surface area (Å²) in [5, 5.41) is 2.92. The molecule has 1 aromatic rings. The maximum atomic E-state index is 12.2. The minimum absolute atomic E-state index is 0.0129. The first-order valence-electron chi connectivity index (χ1n) is 8.10. The highest BCUT2D eigenvalue weighted by molar-refractivity contribution is 5.81. The Morgan fingerprint density at radius 2 is 2.21 bits per heavy atom. The predicted molar refractivity (Wildman–Crippen MR) is 92.2 cm³/mol. The summed E-state index contributed by atoms with van der Waals surface area (Å²) in [6.45, 7) is 4.61. The van der Waals surface area contributed by atoms with Crippen molar-refractivity contribution in [2.75, 3.05) is 20.8 Å². The number of nitrogens with two attached hydrogens (primary N) is 1. The molecule has 1 saturated heterocycles. The molecule has 132 valence electrons. The standard InChI is InChI=1S/C18H26N2O4/c1-4-5-13-8-12(9-16(22-2)17(13)23-3)11-20-18(21)15-7-6-14(10-19)24-15/h4,8-9,14-15H,1,5-7,10-11,19H2,2-3H3,(H,20,21)/t14-,15+/m1/s1. The Hall–Kier alpha value is -2.05. The van der Waals surface area contributed by atoms with E-state index in [2.05, 4.69) is 11.9 Å². The van der Waals surface area contributed by atoms with Crippen LogP contribution in [-0.4, -0.2) is 38.9 Å². The van der Waals surface area contributed by atoms with Gasteiger partial charge in [-0.15, -0.1) is 6.58 Å². The van der Waals surface area contributed by atoms with Crippen molar-refractivity contribution in [2.45, 2.75) is 38.0 Å². The van der Waals surface area contributed by atoms with Crippen molar-refractivity contribution < 1.29 is 19.0 Å². The minimum atomic E-state index is -0.411. The van der Waals surface area contributed by atoms with E-state index in [9.17, 15) is 4.79 Å². The van der Waals surface area contributed by atoms with Gasteiger partial charge in [0.2, 0.25) is 5.91 Å². The number of hydrogen-bond donors (Lipinski definition) is 2. The lowest BCUT2D eigenvalue weighted by atomic mass is 10.1. The summed E-state index contributed by atoms with van der Waals surface area (Å²) < 4.78 is 16.4. The normalized spacial score (nSPS) is 19.8. The van der Waals surface area contributed by atoms with Crippen LogP contribution in [0.4, 0.5) is 0 Å². The molecule has 0 bridgehead atoms. The third-order valence-corrected chi connectivity index (χ3v) is 4.11. The summed E-state index contributed by atoms with van der Waals surface area (Å²) in [7, 11) is 3.20. The second-order valence-corrected chi connectivity index (χ2v) is 5.76. The molecule has 2 rings (SSSR count). The summed E-state index contributed by atoms with van der Waals surface area (Å²) in [6, 6.07) is 3.85. The molecule has 0 spiro atoms. The molecule has 3 N–H and O–H groups in total. The van der Waals surface area contributed by atoms with Gasteiger partial charge in [-0.1, -0.05) is 6.08 Å². The van der Waals surface area contributed by atoms with Crippen LogP contribution in [0.3, 0.4) is 0 Å². The van der Waals surface area contributed by atoms with Gasteiger partial charge in [0, 0.05) is 18.7 Å². The molecule has 1 aliphatic heterocycles. The smallest absolute Gasteiger partial charge is 0.249 e. The first-order chi connectivity index (χ1) is 11.6. The Morgan fingerprint density at radius 1 is 1.42 bits per heavy atom. The molecule has 0 aromatic heterocycles. The number of rotatable bonds is 8. The topological polar surface area (TPSA) is 82.8 Å². The van der Waals surface area contributed by atoms with E-state index in [1.165, 1.54) is 0 Å². The van der Waals surface area contributed by atoms with Gasteiger partial charge in [0.1, 0.15) is 6.10 Å². The molecule has 1 heterocycles. The molecular formula is C18H26N2O4. The van der Waals surface area contributed by atoms with Gasteiger partial charge in [0.05, 0.1) is 20.3 Å². The third kappa shape index (κ3) is 4.27. The molecule has 24 heavy (non-hydrogen) atoms. The quantitative estimate of drug-likeness (QED) is 0.705. The molecule has 6 nitrogen and oxygen atoms in total. The van der Waals surface area contributed by atoms with E-state index in [-0.39, 0.29) is 12.0 Å². The zero-order valence-electron chi connectivity index (χ0n) is 14.3. The molecule has 6 heteroatoms. The largest absolute Gasteiger partial charge is 0.493 e. The maximum absolute atomic E-state index is 12.2. The van der Waals surface area contributed by atoms with Crippen LogP contribution in [0.25, 0.3) is 0 Å². The van der Waals surface area contributed by atoms with E-state index in [1.807, 2.05) is 12.1 Å². The van der Waals surface area contributed by atoms with Gasteiger partial charge >= 0.3 is 0 Å². The Morgan fingerprint density at radius 3 is 2.79 bits per heavy atom. The van der Waals surface area contributed by atoms with E-state index < -0.39 is 6.10 Å². The lowest BCUT2D eigenvalue weighted by Crippen LogP contribution is -2.35. The average molecular weight is 334 g/mol. The van der Waals surface area contributed by atoms with Gasteiger partial charge in [-0.25, -0.2) is 0 Å². The number of amides is 1. The van der Waals surface area contributed by atoms with E-state index in [0.717, 1.165) is 17.5 Å². The van der Waals surface area contributed by atoms with Crippen LogP contribution < -0.4 is 20.5 Å². The Bertz CT molecular complexity index is 589. The Balaban J connectivity index is 2.05. The van der Waals surface area contributed by atoms with Crippen molar-refractivity contribution in [3.63, 3.8) is 0 Å². The summed E-state index contributed by atoms with van der Waals surface area (Å²) in [4.78, 5) is 12.2. The summed E-state index contributed by atoms with van der Waals surface area (Å²) >= 11 is 0. The molecule has 0 aliphatic carbocycles. The molecule has 1 aliphatic rings. The van der Waals surface area contributed by atoms with Gasteiger partial charge in [0.15, 0.2) is 11.5 Å². The highest BCUT2D eigenvalue weighted by Crippen LogP contribution is 2.33. The van der Waals surface area contributed by atoms with Crippen molar-refractivity contribution >= 4 is 5.91 Å². The number of carbonyl (C=O) groups excluding carboxylic acids is 1. The van der Waals surface area contributed by atoms with Gasteiger partial charge in [-0.3, -0.25) is 4.79 Å². The van der Waals surface area contributed by atoms with Gasteiger partial charge < -0.3 is 25.3 Å². The fraction of sp³-hybridized carbons (Fsp3) is 0.500. The number of benzene rings is 1. The van der Waals surface area contributed by atoms with Crippen LogP contribution >= 0.6 is 0 Å². The lowest BCUT2D eigenvalue weighted by molar-refractivity contribution is -0.132. The first kappa shape index (κ1) is 18.3. The number of carbonyl (C=O) groups is 1. The number of allylic oxidation sites excluding steroid dienone is 1. The zero-order valence-corrected chi connectivity index (χ0v) is 14.3. The highest BCUT2D eigenvalue weighted by Gasteiger charge is 2.29. The highest BCUT2D eigenvalue weighted by atomic mass is 16.5. The van der Waals surface area contributed by atoms with Crippen LogP contribution in [0.15, 0.2) is 24.8 Å². The molecule has 2 atom stereocenters. The molecule has 1 amide bonds. The van der Waals surface area contributed by atoms with Crippen LogP contribution in [-0.2, 0) is 22.5 Å². The zero-order chi connectivity index (χ0) is 17.5. The number of nitrogens with one attached hydrogen (secondary N) is 1. The van der Waals surface area contributed by atoms with Gasteiger partial charge in [-0.2, -0.15) is 0 Å². The van der Waals surface area contributed by atoms with Crippen molar-refractivity contribution in [1.82, 2.24) is 5.32 Å². The number of hydrogen-bond acceptors (Lipinski definition) is 5. The molecule has 0 unspecified atom stereocenters. The third-order valence-electron chi connectivity index (χ3n) is 4.11. The van der Waals surface area contributed by atoms with Crippen LogP contribution in [0.2, 0.25) is 0 Å². The monoisotopic (exact) mass is 334 g/mol. The van der Waals surface area contributed by atoms with Crippen molar-refractivity contribution in [2.24, 2.45) is 5.73 Å². The fourth-order valence-electron chi connectivity index (χ4n) is 2.89. The molecule has 0 saturated carbocycles.